The summed E-state index contributed by atoms with van der Waals surface area (Å²) in [6.07, 6.45) is -3.22. The van der Waals surface area contributed by atoms with Gasteiger partial charge < -0.3 is 20.1 Å². The smallest absolute Gasteiger partial charge is 0.475 e. The lowest BCUT2D eigenvalue weighted by Gasteiger charge is -2.26. The number of carbonyl (C=O) groups is 2. The van der Waals surface area contributed by atoms with Crippen molar-refractivity contribution in [1.82, 2.24) is 10.2 Å². The topological polar surface area (TPSA) is 78.9 Å². The first-order chi connectivity index (χ1) is 9.29. The number of carboxylic acids is 1. The standard InChI is InChI=1S/C9H18N2O2.C2HF3O2/c1-2-3-8-13-9(12)11-6-4-10-5-7-11;3-2(4,5)1(6)7/h10H,2-8H2,1H3;(H,6,7). The lowest BCUT2D eigenvalue weighted by molar-refractivity contribution is -0.192. The van der Waals surface area contributed by atoms with Crippen LogP contribution in [0.25, 0.3) is 0 Å². The highest BCUT2D eigenvalue weighted by Gasteiger charge is 2.38. The molecule has 0 bridgehead atoms. The molecular weight excluding hydrogens is 281 g/mol. The molecule has 0 spiro atoms. The van der Waals surface area contributed by atoms with Gasteiger partial charge in [-0.3, -0.25) is 0 Å². The number of unbranched alkanes of at least 4 members (excludes halogenated alkanes) is 1. The van der Waals surface area contributed by atoms with Gasteiger partial charge >= 0.3 is 18.2 Å². The number of nitrogens with zero attached hydrogens (tertiary/aromatic N) is 1. The Morgan fingerprint density at radius 3 is 2.20 bits per heavy atom. The highest BCUT2D eigenvalue weighted by molar-refractivity contribution is 5.73. The van der Waals surface area contributed by atoms with Crippen LogP contribution in [0.4, 0.5) is 18.0 Å². The van der Waals surface area contributed by atoms with Crippen molar-refractivity contribution in [3.63, 3.8) is 0 Å². The van der Waals surface area contributed by atoms with Crippen molar-refractivity contribution in [2.75, 3.05) is 32.8 Å². The van der Waals surface area contributed by atoms with Gasteiger partial charge in [0.05, 0.1) is 6.61 Å². The van der Waals surface area contributed by atoms with Gasteiger partial charge in [0.25, 0.3) is 0 Å². The second-order valence-corrected chi connectivity index (χ2v) is 4.01. The Bertz CT molecular complexity index is 305. The van der Waals surface area contributed by atoms with E-state index in [1.165, 1.54) is 0 Å². The number of hydrogen-bond donors (Lipinski definition) is 2. The largest absolute Gasteiger partial charge is 0.490 e. The molecular formula is C11H19F3N2O4. The first kappa shape index (κ1) is 18.5. The van der Waals surface area contributed by atoms with Gasteiger partial charge in [0.2, 0.25) is 0 Å². The summed E-state index contributed by atoms with van der Waals surface area (Å²) in [6.45, 7) is 5.93. The number of hydrogen-bond acceptors (Lipinski definition) is 4. The molecule has 118 valence electrons. The molecule has 1 saturated heterocycles. The molecule has 0 unspecified atom stereocenters. The van der Waals surface area contributed by atoms with Crippen LogP contribution in [0.1, 0.15) is 19.8 Å². The Hall–Kier alpha value is -1.51. The van der Waals surface area contributed by atoms with Gasteiger partial charge in [0, 0.05) is 26.2 Å². The monoisotopic (exact) mass is 300 g/mol. The van der Waals surface area contributed by atoms with E-state index in [1.807, 2.05) is 0 Å². The molecule has 1 amide bonds. The normalized spacial score (nSPS) is 15.1. The third kappa shape index (κ3) is 8.57. The predicted octanol–water partition coefficient (Wildman–Crippen LogP) is 1.46. The summed E-state index contributed by atoms with van der Waals surface area (Å²) >= 11 is 0. The second kappa shape index (κ2) is 9.40. The molecule has 0 aromatic carbocycles. The van der Waals surface area contributed by atoms with Crippen LogP contribution < -0.4 is 5.32 Å². The van der Waals surface area contributed by atoms with Gasteiger partial charge in [-0.15, -0.1) is 0 Å². The molecule has 0 radical (unpaired) electrons. The number of aliphatic carboxylic acids is 1. The Morgan fingerprint density at radius 1 is 1.30 bits per heavy atom. The minimum absolute atomic E-state index is 0.157. The van der Waals surface area contributed by atoms with Crippen LogP contribution in [0.15, 0.2) is 0 Å². The van der Waals surface area contributed by atoms with Gasteiger partial charge in [0.1, 0.15) is 0 Å². The summed E-state index contributed by atoms with van der Waals surface area (Å²) < 4.78 is 36.8. The number of nitrogens with one attached hydrogen (secondary N) is 1. The van der Waals surface area contributed by atoms with Crippen molar-refractivity contribution in [1.29, 1.82) is 0 Å². The van der Waals surface area contributed by atoms with E-state index in [0.29, 0.717) is 6.61 Å². The molecule has 0 aromatic heterocycles. The molecule has 1 heterocycles. The van der Waals surface area contributed by atoms with E-state index < -0.39 is 12.1 Å². The molecule has 0 saturated carbocycles. The van der Waals surface area contributed by atoms with E-state index >= 15 is 0 Å². The van der Waals surface area contributed by atoms with Gasteiger partial charge in [-0.05, 0) is 6.42 Å². The minimum atomic E-state index is -5.08. The number of halogens is 3. The fourth-order valence-electron chi connectivity index (χ4n) is 1.24. The van der Waals surface area contributed by atoms with Crippen molar-refractivity contribution in [3.05, 3.63) is 0 Å². The van der Waals surface area contributed by atoms with Crippen LogP contribution >= 0.6 is 0 Å². The van der Waals surface area contributed by atoms with E-state index in [2.05, 4.69) is 12.2 Å². The zero-order chi connectivity index (χ0) is 15.6. The van der Waals surface area contributed by atoms with Crippen LogP contribution in [-0.2, 0) is 9.53 Å². The number of ether oxygens (including phenoxy) is 1. The van der Waals surface area contributed by atoms with Crippen LogP contribution in [0.5, 0.6) is 0 Å². The van der Waals surface area contributed by atoms with E-state index in [9.17, 15) is 18.0 Å². The van der Waals surface area contributed by atoms with Crippen molar-refractivity contribution in [2.24, 2.45) is 0 Å². The first-order valence-electron chi connectivity index (χ1n) is 6.21. The molecule has 20 heavy (non-hydrogen) atoms. The highest BCUT2D eigenvalue weighted by Crippen LogP contribution is 2.13. The summed E-state index contributed by atoms with van der Waals surface area (Å²) in [5.41, 5.74) is 0. The highest BCUT2D eigenvalue weighted by atomic mass is 19.4. The zero-order valence-corrected chi connectivity index (χ0v) is 11.2. The molecule has 9 heteroatoms. The first-order valence-corrected chi connectivity index (χ1v) is 6.21. The van der Waals surface area contributed by atoms with Crippen LogP contribution in [0, 0.1) is 0 Å². The summed E-state index contributed by atoms with van der Waals surface area (Å²) in [5.74, 6) is -2.76. The maximum atomic E-state index is 11.3. The van der Waals surface area contributed by atoms with E-state index in [-0.39, 0.29) is 6.09 Å². The summed E-state index contributed by atoms with van der Waals surface area (Å²) in [7, 11) is 0. The van der Waals surface area contributed by atoms with Gasteiger partial charge in [-0.2, -0.15) is 13.2 Å². The summed E-state index contributed by atoms with van der Waals surface area (Å²) in [6, 6.07) is 0. The molecule has 1 rings (SSSR count). The average Bonchev–Trinajstić information content (AvgIpc) is 2.39. The Balaban J connectivity index is 0.000000441. The van der Waals surface area contributed by atoms with Crippen molar-refractivity contribution in [3.8, 4) is 0 Å². The molecule has 1 fully saturated rings. The molecule has 2 N–H and O–H groups in total. The zero-order valence-electron chi connectivity index (χ0n) is 11.2. The number of amides is 1. The summed E-state index contributed by atoms with van der Waals surface area (Å²) in [5, 5.41) is 10.3. The fourth-order valence-corrected chi connectivity index (χ4v) is 1.24. The lowest BCUT2D eigenvalue weighted by Crippen LogP contribution is -2.46. The fraction of sp³-hybridized carbons (Fsp3) is 0.818. The molecule has 6 nitrogen and oxygen atoms in total. The Labute approximate surface area is 114 Å². The van der Waals surface area contributed by atoms with Crippen molar-refractivity contribution >= 4 is 12.1 Å². The van der Waals surface area contributed by atoms with Gasteiger partial charge in [-0.25, -0.2) is 9.59 Å². The number of piperazine rings is 1. The lowest BCUT2D eigenvalue weighted by atomic mass is 10.4. The third-order valence-corrected chi connectivity index (χ3v) is 2.34. The SMILES string of the molecule is CCCCOC(=O)N1CCNCC1.O=C(O)C(F)(F)F. The second-order valence-electron chi connectivity index (χ2n) is 4.01. The third-order valence-electron chi connectivity index (χ3n) is 2.34. The minimum Gasteiger partial charge on any atom is -0.475 e. The molecule has 0 aromatic rings. The maximum Gasteiger partial charge on any atom is 0.490 e. The van der Waals surface area contributed by atoms with E-state index in [0.717, 1.165) is 39.0 Å². The van der Waals surface area contributed by atoms with E-state index in [1.54, 1.807) is 4.90 Å². The van der Waals surface area contributed by atoms with E-state index in [4.69, 9.17) is 14.6 Å². The van der Waals surface area contributed by atoms with Crippen molar-refractivity contribution in [2.45, 2.75) is 25.9 Å². The van der Waals surface area contributed by atoms with Gasteiger partial charge in [-0.1, -0.05) is 13.3 Å². The average molecular weight is 300 g/mol. The predicted molar refractivity (Wildman–Crippen MR) is 64.4 cm³/mol. The van der Waals surface area contributed by atoms with Gasteiger partial charge in [0.15, 0.2) is 0 Å². The van der Waals surface area contributed by atoms with Crippen LogP contribution in [0.2, 0.25) is 0 Å². The van der Waals surface area contributed by atoms with Crippen LogP contribution in [0.3, 0.4) is 0 Å². The molecule has 0 aliphatic carbocycles. The van der Waals surface area contributed by atoms with Crippen molar-refractivity contribution < 1.29 is 32.6 Å². The number of carboxylic acid groups (broad SMARTS) is 1. The molecule has 1 aliphatic rings. The maximum absolute atomic E-state index is 11.3. The number of rotatable bonds is 3. The number of alkyl halides is 3. The Kier molecular flexibility index (Phi) is 8.69. The molecule has 1 aliphatic heterocycles. The summed E-state index contributed by atoms with van der Waals surface area (Å²) in [4.78, 5) is 22.0. The van der Waals surface area contributed by atoms with Crippen LogP contribution in [-0.4, -0.2) is 61.0 Å². The molecule has 0 atom stereocenters. The number of carbonyl (C=O) groups excluding carboxylic acids is 1. The Morgan fingerprint density at radius 2 is 1.80 bits per heavy atom. The quantitative estimate of drug-likeness (QED) is 0.772.